The molecule has 7 heteroatoms. The third-order valence-electron chi connectivity index (χ3n) is 5.51. The molecule has 0 amide bonds. The maximum atomic E-state index is 5.33. The average Bonchev–Trinajstić information content (AvgIpc) is 3.47. The molecule has 2 aromatic rings. The zero-order valence-electron chi connectivity index (χ0n) is 18.6. The van der Waals surface area contributed by atoms with Crippen LogP contribution in [0.1, 0.15) is 38.3 Å². The largest absolute Gasteiger partial charge is 0.497 e. The number of aromatic nitrogens is 2. The highest BCUT2D eigenvalue weighted by molar-refractivity contribution is 5.79. The lowest BCUT2D eigenvalue weighted by Crippen LogP contribution is -2.43. The van der Waals surface area contributed by atoms with E-state index in [1.807, 2.05) is 23.1 Å². The molecule has 0 aliphatic carbocycles. The van der Waals surface area contributed by atoms with Crippen LogP contribution < -0.4 is 15.4 Å². The minimum Gasteiger partial charge on any atom is -0.497 e. The van der Waals surface area contributed by atoms with Crippen LogP contribution in [0.4, 0.5) is 0 Å². The maximum Gasteiger partial charge on any atom is 0.191 e. The molecule has 2 unspecified atom stereocenters. The normalized spacial score (nSPS) is 17.0. The van der Waals surface area contributed by atoms with Crippen LogP contribution >= 0.6 is 0 Å². The minimum atomic E-state index is 0.323. The number of methoxy groups -OCH3 is 1. The molecule has 3 rings (SSSR count). The zero-order valence-corrected chi connectivity index (χ0v) is 18.6. The molecule has 1 aromatic heterocycles. The summed E-state index contributed by atoms with van der Waals surface area (Å²) in [4.78, 5) is 7.40. The van der Waals surface area contributed by atoms with E-state index in [0.717, 1.165) is 51.0 Å². The molecule has 7 nitrogen and oxygen atoms in total. The summed E-state index contributed by atoms with van der Waals surface area (Å²) in [5.74, 6) is 2.19. The SMILES string of the molecule is CCNC(=NCC(C)Cn1cccn1)NCC(c1ccc(OC)cc1)N1CCCC1. The highest BCUT2D eigenvalue weighted by Gasteiger charge is 2.23. The van der Waals surface area contributed by atoms with Crippen molar-refractivity contribution in [3.8, 4) is 5.75 Å². The molecule has 30 heavy (non-hydrogen) atoms. The van der Waals surface area contributed by atoms with E-state index in [-0.39, 0.29) is 0 Å². The molecular weight excluding hydrogens is 376 g/mol. The van der Waals surface area contributed by atoms with Crippen molar-refractivity contribution in [1.29, 1.82) is 0 Å². The second-order valence-electron chi connectivity index (χ2n) is 7.97. The fourth-order valence-corrected chi connectivity index (χ4v) is 3.90. The van der Waals surface area contributed by atoms with Gasteiger partial charge in [-0.25, -0.2) is 0 Å². The van der Waals surface area contributed by atoms with Gasteiger partial charge in [0, 0.05) is 38.6 Å². The van der Waals surface area contributed by atoms with Crippen LogP contribution in [0, 0.1) is 5.92 Å². The molecule has 2 atom stereocenters. The van der Waals surface area contributed by atoms with Crippen LogP contribution in [-0.2, 0) is 6.54 Å². The molecule has 0 radical (unpaired) electrons. The van der Waals surface area contributed by atoms with Gasteiger partial charge in [-0.1, -0.05) is 19.1 Å². The van der Waals surface area contributed by atoms with E-state index in [1.54, 1.807) is 7.11 Å². The Bertz CT molecular complexity index is 753. The Hall–Kier alpha value is -2.54. The molecule has 1 aliphatic rings. The van der Waals surface area contributed by atoms with Crippen molar-refractivity contribution in [2.75, 3.05) is 39.8 Å². The fraction of sp³-hybridized carbons (Fsp3) is 0.565. The molecule has 2 heterocycles. The van der Waals surface area contributed by atoms with Gasteiger partial charge in [0.2, 0.25) is 0 Å². The Kier molecular flexibility index (Phi) is 8.56. The van der Waals surface area contributed by atoms with E-state index < -0.39 is 0 Å². The van der Waals surface area contributed by atoms with E-state index in [1.165, 1.54) is 18.4 Å². The van der Waals surface area contributed by atoms with Crippen LogP contribution in [-0.4, -0.2) is 60.5 Å². The molecule has 0 saturated carbocycles. The number of benzene rings is 1. The quantitative estimate of drug-likeness (QED) is 0.464. The Labute approximate surface area is 180 Å². The van der Waals surface area contributed by atoms with Crippen LogP contribution in [0.15, 0.2) is 47.7 Å². The summed E-state index contributed by atoms with van der Waals surface area (Å²) >= 11 is 0. The Balaban J connectivity index is 1.62. The first-order valence-corrected chi connectivity index (χ1v) is 11.1. The van der Waals surface area contributed by atoms with Gasteiger partial charge in [0.05, 0.1) is 13.2 Å². The van der Waals surface area contributed by atoms with Crippen molar-refractivity contribution >= 4 is 5.96 Å². The van der Waals surface area contributed by atoms with Crippen LogP contribution in [0.25, 0.3) is 0 Å². The average molecular weight is 413 g/mol. The van der Waals surface area contributed by atoms with Crippen molar-refractivity contribution in [3.05, 3.63) is 48.3 Å². The molecule has 2 N–H and O–H groups in total. The first-order chi connectivity index (χ1) is 14.7. The van der Waals surface area contributed by atoms with Crippen molar-refractivity contribution < 1.29 is 4.74 Å². The second kappa shape index (κ2) is 11.6. The number of nitrogens with one attached hydrogen (secondary N) is 2. The van der Waals surface area contributed by atoms with E-state index in [4.69, 9.17) is 9.73 Å². The summed E-state index contributed by atoms with van der Waals surface area (Å²) in [6.45, 7) is 9.90. The van der Waals surface area contributed by atoms with Gasteiger partial charge in [-0.3, -0.25) is 14.6 Å². The predicted molar refractivity (Wildman–Crippen MR) is 122 cm³/mol. The lowest BCUT2D eigenvalue weighted by Gasteiger charge is -2.29. The third-order valence-corrected chi connectivity index (χ3v) is 5.51. The summed E-state index contributed by atoms with van der Waals surface area (Å²) in [5.41, 5.74) is 1.31. The Morgan fingerprint density at radius 2 is 1.97 bits per heavy atom. The number of aliphatic imine (C=N–C) groups is 1. The lowest BCUT2D eigenvalue weighted by atomic mass is 10.1. The van der Waals surface area contributed by atoms with Gasteiger partial charge in [0.15, 0.2) is 5.96 Å². The lowest BCUT2D eigenvalue weighted by molar-refractivity contribution is 0.245. The highest BCUT2D eigenvalue weighted by Crippen LogP contribution is 2.26. The molecule has 1 saturated heterocycles. The summed E-state index contributed by atoms with van der Waals surface area (Å²) in [7, 11) is 1.71. The van der Waals surface area contributed by atoms with Crippen LogP contribution in [0.5, 0.6) is 5.75 Å². The molecule has 0 bridgehead atoms. The number of nitrogens with zero attached hydrogens (tertiary/aromatic N) is 4. The van der Waals surface area contributed by atoms with Crippen molar-refractivity contribution in [2.45, 2.75) is 39.3 Å². The molecule has 0 spiro atoms. The first kappa shape index (κ1) is 22.2. The van der Waals surface area contributed by atoms with Crippen LogP contribution in [0.2, 0.25) is 0 Å². The highest BCUT2D eigenvalue weighted by atomic mass is 16.5. The van der Waals surface area contributed by atoms with E-state index in [2.05, 4.69) is 58.7 Å². The van der Waals surface area contributed by atoms with Crippen molar-refractivity contribution in [2.24, 2.45) is 10.9 Å². The molecule has 1 aromatic carbocycles. The number of guanidine groups is 1. The van der Waals surface area contributed by atoms with E-state index in [0.29, 0.717) is 12.0 Å². The fourth-order valence-electron chi connectivity index (χ4n) is 3.90. The predicted octanol–water partition coefficient (Wildman–Crippen LogP) is 2.92. The van der Waals surface area contributed by atoms with Gasteiger partial charge in [0.1, 0.15) is 5.75 Å². The summed E-state index contributed by atoms with van der Waals surface area (Å²) < 4.78 is 7.30. The van der Waals surface area contributed by atoms with Gasteiger partial charge in [-0.15, -0.1) is 0 Å². The van der Waals surface area contributed by atoms with Gasteiger partial charge >= 0.3 is 0 Å². The summed E-state index contributed by atoms with van der Waals surface area (Å²) in [6, 6.07) is 10.7. The maximum absolute atomic E-state index is 5.33. The number of hydrogen-bond donors (Lipinski definition) is 2. The zero-order chi connectivity index (χ0) is 21.2. The van der Waals surface area contributed by atoms with Gasteiger partial charge in [0.25, 0.3) is 0 Å². The smallest absolute Gasteiger partial charge is 0.191 e. The topological polar surface area (TPSA) is 66.7 Å². The third kappa shape index (κ3) is 6.49. The van der Waals surface area contributed by atoms with Crippen molar-refractivity contribution in [1.82, 2.24) is 25.3 Å². The number of ether oxygens (including phenoxy) is 1. The van der Waals surface area contributed by atoms with E-state index in [9.17, 15) is 0 Å². The molecule has 164 valence electrons. The Morgan fingerprint density at radius 1 is 1.20 bits per heavy atom. The van der Waals surface area contributed by atoms with Gasteiger partial charge in [-0.2, -0.15) is 5.10 Å². The number of likely N-dealkylation sites (tertiary alicyclic amines) is 1. The number of hydrogen-bond acceptors (Lipinski definition) is 4. The monoisotopic (exact) mass is 412 g/mol. The van der Waals surface area contributed by atoms with E-state index >= 15 is 0 Å². The number of rotatable bonds is 10. The summed E-state index contributed by atoms with van der Waals surface area (Å²) in [5, 5.41) is 11.3. The Morgan fingerprint density at radius 3 is 2.60 bits per heavy atom. The molecule has 1 aliphatic heterocycles. The first-order valence-electron chi connectivity index (χ1n) is 11.1. The van der Waals surface area contributed by atoms with Gasteiger partial charge < -0.3 is 15.4 Å². The minimum absolute atomic E-state index is 0.323. The summed E-state index contributed by atoms with van der Waals surface area (Å²) in [6.07, 6.45) is 6.36. The molecular formula is C23H36N6O. The van der Waals surface area contributed by atoms with Gasteiger partial charge in [-0.05, 0) is 62.5 Å². The van der Waals surface area contributed by atoms with Crippen LogP contribution in [0.3, 0.4) is 0 Å². The standard InChI is InChI=1S/C23H36N6O/c1-4-24-23(25-16-19(2)18-29-15-7-12-27-29)26-17-22(28-13-5-6-14-28)20-8-10-21(30-3)11-9-20/h7-12,15,19,22H,4-6,13-14,16-18H2,1-3H3,(H2,24,25,26). The molecule has 1 fully saturated rings. The van der Waals surface area contributed by atoms with Crippen molar-refractivity contribution in [3.63, 3.8) is 0 Å². The second-order valence-corrected chi connectivity index (χ2v) is 7.97.